The van der Waals surface area contributed by atoms with Crippen molar-refractivity contribution in [2.24, 2.45) is 0 Å². The zero-order valence-electron chi connectivity index (χ0n) is 14.5. The van der Waals surface area contributed by atoms with Gasteiger partial charge in [-0.2, -0.15) is 5.10 Å². The molecular weight excluding hydrogens is 351 g/mol. The van der Waals surface area contributed by atoms with Crippen molar-refractivity contribution in [1.29, 1.82) is 0 Å². The van der Waals surface area contributed by atoms with Crippen molar-refractivity contribution in [2.75, 3.05) is 38.1 Å². The Morgan fingerprint density at radius 2 is 1.77 bits per heavy atom. The van der Waals surface area contributed by atoms with E-state index in [0.717, 1.165) is 37.4 Å². The molecule has 0 unspecified atom stereocenters. The standard InChI is InChI=1S/C20H20ClFN4/c1-25-9-11-26(12-10-25)15-7-5-14(6-8-15)18-13-19(24-23-18)20-16(21)3-2-4-17(20)22/h2-8,13H,9-12H2,1H3,(H,23,24). The van der Waals surface area contributed by atoms with Crippen LogP contribution in [0.2, 0.25) is 5.02 Å². The van der Waals surface area contributed by atoms with Crippen LogP contribution in [0.4, 0.5) is 10.1 Å². The summed E-state index contributed by atoms with van der Waals surface area (Å²) < 4.78 is 14.1. The molecule has 1 aliphatic rings. The van der Waals surface area contributed by atoms with Gasteiger partial charge < -0.3 is 9.80 Å². The number of benzene rings is 2. The number of aromatic amines is 1. The summed E-state index contributed by atoms with van der Waals surface area (Å²) in [7, 11) is 2.15. The van der Waals surface area contributed by atoms with Crippen molar-refractivity contribution in [3.8, 4) is 22.5 Å². The van der Waals surface area contributed by atoms with E-state index >= 15 is 0 Å². The van der Waals surface area contributed by atoms with Gasteiger partial charge in [-0.25, -0.2) is 4.39 Å². The summed E-state index contributed by atoms with van der Waals surface area (Å²) in [4.78, 5) is 4.73. The molecule has 134 valence electrons. The topological polar surface area (TPSA) is 35.2 Å². The van der Waals surface area contributed by atoms with E-state index in [9.17, 15) is 4.39 Å². The van der Waals surface area contributed by atoms with E-state index in [2.05, 4.69) is 51.3 Å². The van der Waals surface area contributed by atoms with E-state index in [0.29, 0.717) is 16.3 Å². The Hall–Kier alpha value is -2.37. The lowest BCUT2D eigenvalue weighted by atomic mass is 10.1. The second-order valence-electron chi connectivity index (χ2n) is 6.60. The maximum absolute atomic E-state index is 14.1. The lowest BCUT2D eigenvalue weighted by Gasteiger charge is -2.34. The van der Waals surface area contributed by atoms with Crippen molar-refractivity contribution >= 4 is 17.3 Å². The van der Waals surface area contributed by atoms with Crippen LogP contribution in [0.15, 0.2) is 48.5 Å². The van der Waals surface area contributed by atoms with E-state index in [1.807, 2.05) is 6.07 Å². The zero-order chi connectivity index (χ0) is 18.1. The number of hydrogen-bond donors (Lipinski definition) is 1. The largest absolute Gasteiger partial charge is 0.369 e. The van der Waals surface area contributed by atoms with Crippen molar-refractivity contribution < 1.29 is 4.39 Å². The number of hydrogen-bond acceptors (Lipinski definition) is 3. The van der Waals surface area contributed by atoms with Gasteiger partial charge in [0.2, 0.25) is 0 Å². The second kappa shape index (κ2) is 7.09. The summed E-state index contributed by atoms with van der Waals surface area (Å²) in [5.74, 6) is -0.363. The Morgan fingerprint density at radius 1 is 1.04 bits per heavy atom. The van der Waals surface area contributed by atoms with E-state index in [1.165, 1.54) is 11.8 Å². The van der Waals surface area contributed by atoms with Crippen LogP contribution < -0.4 is 4.90 Å². The van der Waals surface area contributed by atoms with Gasteiger partial charge >= 0.3 is 0 Å². The molecule has 1 aromatic heterocycles. The molecular formula is C20H20ClFN4. The first-order valence-corrected chi connectivity index (χ1v) is 9.03. The molecule has 0 radical (unpaired) electrons. The minimum atomic E-state index is -0.363. The fourth-order valence-electron chi connectivity index (χ4n) is 3.26. The first kappa shape index (κ1) is 17.1. The fraction of sp³-hybridized carbons (Fsp3) is 0.250. The quantitative estimate of drug-likeness (QED) is 0.747. The summed E-state index contributed by atoms with van der Waals surface area (Å²) in [6.07, 6.45) is 0. The molecule has 4 nitrogen and oxygen atoms in total. The molecule has 4 rings (SSSR count). The van der Waals surface area contributed by atoms with E-state index in [1.54, 1.807) is 12.1 Å². The van der Waals surface area contributed by atoms with Crippen LogP contribution in [0, 0.1) is 5.82 Å². The molecule has 0 atom stereocenters. The highest BCUT2D eigenvalue weighted by molar-refractivity contribution is 6.33. The molecule has 0 saturated carbocycles. The Balaban J connectivity index is 1.56. The molecule has 0 aliphatic carbocycles. The minimum absolute atomic E-state index is 0.349. The molecule has 1 saturated heterocycles. The van der Waals surface area contributed by atoms with Crippen LogP contribution in [0.1, 0.15) is 0 Å². The van der Waals surface area contributed by atoms with Crippen LogP contribution in [0.3, 0.4) is 0 Å². The number of likely N-dealkylation sites (N-methyl/N-ethyl adjacent to an activating group) is 1. The highest BCUT2D eigenvalue weighted by atomic mass is 35.5. The van der Waals surface area contributed by atoms with Crippen LogP contribution in [-0.2, 0) is 0 Å². The zero-order valence-corrected chi connectivity index (χ0v) is 15.3. The van der Waals surface area contributed by atoms with Gasteiger partial charge in [0, 0.05) is 37.4 Å². The predicted molar refractivity (Wildman–Crippen MR) is 104 cm³/mol. The summed E-state index contributed by atoms with van der Waals surface area (Å²) >= 11 is 6.14. The molecule has 2 aromatic carbocycles. The minimum Gasteiger partial charge on any atom is -0.369 e. The third kappa shape index (κ3) is 3.32. The SMILES string of the molecule is CN1CCN(c2ccc(-c3cc(-c4c(F)cccc4Cl)[nH]n3)cc2)CC1. The number of nitrogens with zero attached hydrogens (tertiary/aromatic N) is 3. The van der Waals surface area contributed by atoms with Gasteiger partial charge in [-0.15, -0.1) is 0 Å². The summed E-state index contributed by atoms with van der Waals surface area (Å²) in [6.45, 7) is 4.23. The first-order chi connectivity index (χ1) is 12.6. The molecule has 1 N–H and O–H groups in total. The van der Waals surface area contributed by atoms with Crippen molar-refractivity contribution in [1.82, 2.24) is 15.1 Å². The number of piperazine rings is 1. The molecule has 1 fully saturated rings. The predicted octanol–water partition coefficient (Wildman–Crippen LogP) is 4.29. The van der Waals surface area contributed by atoms with Gasteiger partial charge in [-0.05, 0) is 37.4 Å². The molecule has 0 spiro atoms. The van der Waals surface area contributed by atoms with Gasteiger partial charge in [0.25, 0.3) is 0 Å². The number of aromatic nitrogens is 2. The number of nitrogens with one attached hydrogen (secondary N) is 1. The molecule has 2 heterocycles. The monoisotopic (exact) mass is 370 g/mol. The maximum Gasteiger partial charge on any atom is 0.134 e. The van der Waals surface area contributed by atoms with Crippen LogP contribution in [0.25, 0.3) is 22.5 Å². The van der Waals surface area contributed by atoms with Crippen LogP contribution >= 0.6 is 11.6 Å². The van der Waals surface area contributed by atoms with Crippen molar-refractivity contribution in [3.63, 3.8) is 0 Å². The normalized spacial score (nSPS) is 15.4. The number of halogens is 2. The summed E-state index contributed by atoms with van der Waals surface area (Å²) in [5, 5.41) is 7.59. The number of anilines is 1. The van der Waals surface area contributed by atoms with Gasteiger partial charge in [0.15, 0.2) is 0 Å². The molecule has 1 aliphatic heterocycles. The summed E-state index contributed by atoms with van der Waals surface area (Å²) in [6, 6.07) is 14.8. The van der Waals surface area contributed by atoms with Crippen molar-refractivity contribution in [3.05, 3.63) is 59.4 Å². The highest BCUT2D eigenvalue weighted by Gasteiger charge is 2.15. The number of rotatable bonds is 3. The van der Waals surface area contributed by atoms with Crippen molar-refractivity contribution in [2.45, 2.75) is 0 Å². The third-order valence-electron chi connectivity index (χ3n) is 4.84. The Kier molecular flexibility index (Phi) is 4.66. The Bertz CT molecular complexity index is 878. The highest BCUT2D eigenvalue weighted by Crippen LogP contribution is 2.32. The molecule has 6 heteroatoms. The van der Waals surface area contributed by atoms with E-state index in [-0.39, 0.29) is 5.82 Å². The fourth-order valence-corrected chi connectivity index (χ4v) is 3.53. The van der Waals surface area contributed by atoms with E-state index < -0.39 is 0 Å². The first-order valence-electron chi connectivity index (χ1n) is 8.65. The molecule has 3 aromatic rings. The van der Waals surface area contributed by atoms with Crippen LogP contribution in [0.5, 0.6) is 0 Å². The number of H-pyrrole nitrogens is 1. The summed E-state index contributed by atoms with van der Waals surface area (Å²) in [5.41, 5.74) is 3.89. The van der Waals surface area contributed by atoms with Gasteiger partial charge in [-0.3, -0.25) is 5.10 Å². The average Bonchev–Trinajstić information content (AvgIpc) is 3.12. The van der Waals surface area contributed by atoms with Gasteiger partial charge in [0.05, 0.1) is 22.0 Å². The molecule has 0 amide bonds. The molecule has 26 heavy (non-hydrogen) atoms. The molecule has 0 bridgehead atoms. The van der Waals surface area contributed by atoms with E-state index in [4.69, 9.17) is 11.6 Å². The lowest BCUT2D eigenvalue weighted by Crippen LogP contribution is -2.44. The maximum atomic E-state index is 14.1. The van der Waals surface area contributed by atoms with Crippen LogP contribution in [-0.4, -0.2) is 48.3 Å². The Labute approximate surface area is 157 Å². The van der Waals surface area contributed by atoms with Gasteiger partial charge in [0.1, 0.15) is 5.82 Å². The second-order valence-corrected chi connectivity index (χ2v) is 7.01. The smallest absolute Gasteiger partial charge is 0.134 e. The third-order valence-corrected chi connectivity index (χ3v) is 5.16. The van der Waals surface area contributed by atoms with Gasteiger partial charge in [-0.1, -0.05) is 29.8 Å². The Morgan fingerprint density at radius 3 is 2.46 bits per heavy atom. The average molecular weight is 371 g/mol. The lowest BCUT2D eigenvalue weighted by molar-refractivity contribution is 0.313.